The third-order valence-electron chi connectivity index (χ3n) is 6.55. The van der Waals surface area contributed by atoms with Gasteiger partial charge in [-0.25, -0.2) is 4.39 Å². The minimum atomic E-state index is -1.17. The van der Waals surface area contributed by atoms with Gasteiger partial charge in [0.15, 0.2) is 0 Å². The standard InChI is InChI=1S/C25H19BrClFN2O2/c1-13-5-7-17(28)11-18(13)23-25(19-8-6-15(26)10-21(19)29-24(25)32)20(12-22(31)30-23)14-3-2-4-16(27)9-14/h2-11,20,23H,12H2,1H3,(H,29,32)(H,30,31)/t20-,23+,25-/m1/s1. The third-order valence-corrected chi connectivity index (χ3v) is 7.28. The molecule has 1 saturated heterocycles. The first kappa shape index (κ1) is 21.2. The summed E-state index contributed by atoms with van der Waals surface area (Å²) in [6.45, 7) is 1.85. The molecule has 1 spiro atoms. The fourth-order valence-corrected chi connectivity index (χ4v) is 5.75. The van der Waals surface area contributed by atoms with Gasteiger partial charge in [-0.3, -0.25) is 9.59 Å². The molecular formula is C25H19BrClFN2O2. The number of hydrogen-bond donors (Lipinski definition) is 2. The lowest BCUT2D eigenvalue weighted by Crippen LogP contribution is -2.57. The lowest BCUT2D eigenvalue weighted by molar-refractivity contribution is -0.131. The van der Waals surface area contributed by atoms with Crippen LogP contribution in [0, 0.1) is 12.7 Å². The molecule has 0 aliphatic carbocycles. The van der Waals surface area contributed by atoms with E-state index < -0.39 is 23.2 Å². The number of nitrogens with one attached hydrogen (secondary N) is 2. The summed E-state index contributed by atoms with van der Waals surface area (Å²) in [6.07, 6.45) is 0.105. The number of benzene rings is 3. The molecule has 0 unspecified atom stereocenters. The van der Waals surface area contributed by atoms with Crippen molar-refractivity contribution in [3.05, 3.63) is 98.2 Å². The zero-order valence-corrected chi connectivity index (χ0v) is 19.4. The van der Waals surface area contributed by atoms with Crippen molar-refractivity contribution >= 4 is 45.0 Å². The highest BCUT2D eigenvalue weighted by molar-refractivity contribution is 9.10. The molecule has 2 heterocycles. The SMILES string of the molecule is Cc1ccc(F)cc1[C@@H]1NC(=O)C[C@H](c2cccc(Cl)c2)[C@@]12C(=O)Nc1cc(Br)ccc12. The minimum Gasteiger partial charge on any atom is -0.348 e. The molecule has 0 bridgehead atoms. The van der Waals surface area contributed by atoms with Gasteiger partial charge in [0.1, 0.15) is 11.2 Å². The quantitative estimate of drug-likeness (QED) is 0.456. The Labute approximate surface area is 198 Å². The van der Waals surface area contributed by atoms with E-state index in [9.17, 15) is 14.0 Å². The third kappa shape index (κ3) is 3.16. The predicted octanol–water partition coefficient (Wildman–Crippen LogP) is 5.78. The van der Waals surface area contributed by atoms with E-state index in [0.717, 1.165) is 21.2 Å². The van der Waals surface area contributed by atoms with Crippen LogP contribution in [0.3, 0.4) is 0 Å². The topological polar surface area (TPSA) is 58.2 Å². The number of anilines is 1. The number of hydrogen-bond acceptors (Lipinski definition) is 2. The molecule has 1 fully saturated rings. The van der Waals surface area contributed by atoms with Crippen molar-refractivity contribution in [2.75, 3.05) is 5.32 Å². The molecule has 2 aliphatic heterocycles. The predicted molar refractivity (Wildman–Crippen MR) is 125 cm³/mol. The Morgan fingerprint density at radius 2 is 1.91 bits per heavy atom. The van der Waals surface area contributed by atoms with Gasteiger partial charge >= 0.3 is 0 Å². The molecule has 0 aromatic heterocycles. The normalized spacial score (nSPS) is 24.2. The van der Waals surface area contributed by atoms with E-state index in [1.54, 1.807) is 18.2 Å². The molecule has 0 saturated carbocycles. The van der Waals surface area contributed by atoms with E-state index in [2.05, 4.69) is 26.6 Å². The summed E-state index contributed by atoms with van der Waals surface area (Å²) < 4.78 is 15.2. The van der Waals surface area contributed by atoms with Crippen LogP contribution in [0.1, 0.15) is 40.6 Å². The van der Waals surface area contributed by atoms with E-state index >= 15 is 0 Å². The number of fused-ring (bicyclic) bond motifs is 2. The summed E-state index contributed by atoms with van der Waals surface area (Å²) >= 11 is 9.76. The number of halogens is 3. The fourth-order valence-electron chi connectivity index (χ4n) is 5.19. The first-order valence-corrected chi connectivity index (χ1v) is 11.4. The average molecular weight is 514 g/mol. The summed E-state index contributed by atoms with van der Waals surface area (Å²) in [6, 6.07) is 16.6. The zero-order valence-electron chi connectivity index (χ0n) is 17.1. The van der Waals surface area contributed by atoms with Crippen molar-refractivity contribution in [2.24, 2.45) is 0 Å². The van der Waals surface area contributed by atoms with Gasteiger partial charge in [0, 0.05) is 27.5 Å². The van der Waals surface area contributed by atoms with Gasteiger partial charge in [-0.15, -0.1) is 0 Å². The minimum absolute atomic E-state index is 0.105. The smallest absolute Gasteiger partial charge is 0.238 e. The van der Waals surface area contributed by atoms with Crippen LogP contribution in [0.25, 0.3) is 0 Å². The summed E-state index contributed by atoms with van der Waals surface area (Å²) in [5.41, 5.74) is 2.43. The number of aryl methyl sites for hydroxylation is 1. The highest BCUT2D eigenvalue weighted by Crippen LogP contribution is 2.57. The highest BCUT2D eigenvalue weighted by Gasteiger charge is 2.61. The van der Waals surface area contributed by atoms with Gasteiger partial charge in [-0.1, -0.05) is 51.8 Å². The molecule has 7 heteroatoms. The average Bonchev–Trinajstić information content (AvgIpc) is 3.02. The molecule has 32 heavy (non-hydrogen) atoms. The van der Waals surface area contributed by atoms with Crippen LogP contribution in [0.4, 0.5) is 10.1 Å². The van der Waals surface area contributed by atoms with Gasteiger partial charge < -0.3 is 10.6 Å². The van der Waals surface area contributed by atoms with Crippen LogP contribution in [0.15, 0.2) is 65.1 Å². The van der Waals surface area contributed by atoms with Gasteiger partial charge in [-0.2, -0.15) is 0 Å². The van der Waals surface area contributed by atoms with Crippen LogP contribution >= 0.6 is 27.5 Å². The van der Waals surface area contributed by atoms with Gasteiger partial charge in [-0.05, 0) is 65.6 Å². The Balaban J connectivity index is 1.83. The number of piperidine rings is 1. The first-order valence-electron chi connectivity index (χ1n) is 10.2. The van der Waals surface area contributed by atoms with Crippen molar-refractivity contribution in [1.82, 2.24) is 5.32 Å². The molecular weight excluding hydrogens is 495 g/mol. The molecule has 3 aromatic rings. The Kier molecular flexibility index (Phi) is 5.10. The fraction of sp³-hybridized carbons (Fsp3) is 0.200. The Hall–Kier alpha value is -2.70. The number of carbonyl (C=O) groups excluding carboxylic acids is 2. The maximum Gasteiger partial charge on any atom is 0.238 e. The Morgan fingerprint density at radius 1 is 1.09 bits per heavy atom. The van der Waals surface area contributed by atoms with Crippen molar-refractivity contribution < 1.29 is 14.0 Å². The lowest BCUT2D eigenvalue weighted by Gasteiger charge is -2.46. The summed E-state index contributed by atoms with van der Waals surface area (Å²) in [4.78, 5) is 26.8. The second kappa shape index (κ2) is 7.71. The largest absolute Gasteiger partial charge is 0.348 e. The van der Waals surface area contributed by atoms with Gasteiger partial charge in [0.2, 0.25) is 11.8 Å². The van der Waals surface area contributed by atoms with Crippen LogP contribution in [-0.2, 0) is 15.0 Å². The lowest BCUT2D eigenvalue weighted by atomic mass is 9.59. The summed E-state index contributed by atoms with van der Waals surface area (Å²) in [5, 5.41) is 6.56. The van der Waals surface area contributed by atoms with E-state index in [4.69, 9.17) is 11.6 Å². The Bertz CT molecular complexity index is 1280. The molecule has 3 aromatic carbocycles. The van der Waals surface area contributed by atoms with Crippen molar-refractivity contribution in [1.29, 1.82) is 0 Å². The molecule has 0 radical (unpaired) electrons. The summed E-state index contributed by atoms with van der Waals surface area (Å²) in [5.74, 6) is -1.35. The van der Waals surface area contributed by atoms with E-state index in [1.807, 2.05) is 37.3 Å². The zero-order chi connectivity index (χ0) is 22.6. The summed E-state index contributed by atoms with van der Waals surface area (Å²) in [7, 11) is 0. The van der Waals surface area contributed by atoms with E-state index in [1.165, 1.54) is 12.1 Å². The molecule has 5 rings (SSSR count). The highest BCUT2D eigenvalue weighted by atomic mass is 79.9. The first-order chi connectivity index (χ1) is 15.3. The number of amides is 2. The molecule has 4 nitrogen and oxygen atoms in total. The molecule has 3 atom stereocenters. The number of rotatable bonds is 2. The van der Waals surface area contributed by atoms with E-state index in [-0.39, 0.29) is 18.2 Å². The number of carbonyl (C=O) groups is 2. The Morgan fingerprint density at radius 3 is 2.69 bits per heavy atom. The van der Waals surface area contributed by atoms with Crippen LogP contribution in [0.5, 0.6) is 0 Å². The molecule has 2 N–H and O–H groups in total. The monoisotopic (exact) mass is 512 g/mol. The molecule has 162 valence electrons. The second-order valence-electron chi connectivity index (χ2n) is 8.33. The molecule has 2 amide bonds. The van der Waals surface area contributed by atoms with Crippen LogP contribution < -0.4 is 10.6 Å². The van der Waals surface area contributed by atoms with Crippen LogP contribution in [-0.4, -0.2) is 11.8 Å². The maximum absolute atomic E-state index is 14.4. The maximum atomic E-state index is 14.4. The van der Waals surface area contributed by atoms with Gasteiger partial charge in [0.05, 0.1) is 6.04 Å². The second-order valence-corrected chi connectivity index (χ2v) is 9.68. The van der Waals surface area contributed by atoms with E-state index in [0.29, 0.717) is 16.3 Å². The van der Waals surface area contributed by atoms with Crippen LogP contribution in [0.2, 0.25) is 5.02 Å². The van der Waals surface area contributed by atoms with Crippen molar-refractivity contribution in [3.8, 4) is 0 Å². The molecule has 2 aliphatic rings. The van der Waals surface area contributed by atoms with Gasteiger partial charge in [0.25, 0.3) is 0 Å². The van der Waals surface area contributed by atoms with Crippen molar-refractivity contribution in [3.63, 3.8) is 0 Å². The van der Waals surface area contributed by atoms with Crippen molar-refractivity contribution in [2.45, 2.75) is 30.7 Å².